The predicted molar refractivity (Wildman–Crippen MR) is 62.0 cm³/mol. The molecule has 0 aromatic carbocycles. The van der Waals surface area contributed by atoms with Gasteiger partial charge in [0.05, 0.1) is 11.9 Å². The molecule has 1 aliphatic rings. The maximum absolute atomic E-state index is 4.22. The summed E-state index contributed by atoms with van der Waals surface area (Å²) in [5.74, 6) is 0.698. The molecule has 2 atom stereocenters. The third-order valence-electron chi connectivity index (χ3n) is 3.33. The molecule has 2 heterocycles. The Bertz CT molecular complexity index is 320. The van der Waals surface area contributed by atoms with Gasteiger partial charge in [-0.2, -0.15) is 5.10 Å². The molecular weight excluding hydrogens is 188 g/mol. The third-order valence-corrected chi connectivity index (χ3v) is 3.33. The second-order valence-corrected chi connectivity index (χ2v) is 4.48. The third kappa shape index (κ3) is 2.15. The van der Waals surface area contributed by atoms with Crippen LogP contribution < -0.4 is 10.2 Å². The molecule has 0 bridgehead atoms. The highest BCUT2D eigenvalue weighted by molar-refractivity contribution is 5.42. The second kappa shape index (κ2) is 4.23. The van der Waals surface area contributed by atoms with Crippen LogP contribution in [0, 0.1) is 5.92 Å². The smallest absolute Gasteiger partial charge is 0.0752 e. The summed E-state index contributed by atoms with van der Waals surface area (Å²) in [5, 5.41) is 7.60. The van der Waals surface area contributed by atoms with E-state index in [1.807, 2.05) is 17.9 Å². The first-order valence-electron chi connectivity index (χ1n) is 5.61. The van der Waals surface area contributed by atoms with Gasteiger partial charge in [-0.25, -0.2) is 0 Å². The van der Waals surface area contributed by atoms with Gasteiger partial charge in [-0.15, -0.1) is 0 Å². The molecule has 0 aliphatic carbocycles. The minimum Gasteiger partial charge on any atom is -0.369 e. The van der Waals surface area contributed by atoms with Crippen molar-refractivity contribution in [3.05, 3.63) is 12.4 Å². The van der Waals surface area contributed by atoms with Crippen LogP contribution in [0.3, 0.4) is 0 Å². The minimum atomic E-state index is 0.665. The summed E-state index contributed by atoms with van der Waals surface area (Å²) in [6.07, 6.45) is 5.26. The summed E-state index contributed by atoms with van der Waals surface area (Å²) < 4.78 is 1.87. The van der Waals surface area contributed by atoms with Gasteiger partial charge in [0.25, 0.3) is 0 Å². The van der Waals surface area contributed by atoms with Gasteiger partial charge in [0, 0.05) is 32.4 Å². The number of nitrogens with zero attached hydrogens (tertiary/aromatic N) is 3. The first-order valence-corrected chi connectivity index (χ1v) is 5.61. The lowest BCUT2D eigenvalue weighted by molar-refractivity contribution is 0.339. The van der Waals surface area contributed by atoms with Gasteiger partial charge in [0.2, 0.25) is 0 Å². The number of hydrogen-bond acceptors (Lipinski definition) is 3. The Labute approximate surface area is 91.3 Å². The summed E-state index contributed by atoms with van der Waals surface area (Å²) >= 11 is 0. The Hall–Kier alpha value is -1.03. The van der Waals surface area contributed by atoms with Crippen molar-refractivity contribution in [2.45, 2.75) is 19.4 Å². The van der Waals surface area contributed by atoms with Crippen molar-refractivity contribution in [1.29, 1.82) is 0 Å². The summed E-state index contributed by atoms with van der Waals surface area (Å²) in [4.78, 5) is 2.42. The van der Waals surface area contributed by atoms with Crippen LogP contribution in [0.2, 0.25) is 0 Å². The topological polar surface area (TPSA) is 33.1 Å². The molecule has 2 rings (SSSR count). The normalized spacial score (nSPS) is 27.0. The monoisotopic (exact) mass is 208 g/mol. The predicted octanol–water partition coefficient (Wildman–Crippen LogP) is 0.854. The lowest BCUT2D eigenvalue weighted by Crippen LogP contribution is -2.47. The Kier molecular flexibility index (Phi) is 2.95. The molecule has 15 heavy (non-hydrogen) atoms. The van der Waals surface area contributed by atoms with Crippen LogP contribution in [-0.4, -0.2) is 36.0 Å². The van der Waals surface area contributed by atoms with Gasteiger partial charge in [-0.05, 0) is 19.4 Å². The molecule has 0 spiro atoms. The van der Waals surface area contributed by atoms with Crippen LogP contribution >= 0.6 is 0 Å². The van der Waals surface area contributed by atoms with Crippen LogP contribution in [-0.2, 0) is 7.05 Å². The molecule has 0 radical (unpaired) electrons. The van der Waals surface area contributed by atoms with Crippen LogP contribution in [0.5, 0.6) is 0 Å². The number of hydrogen-bond donors (Lipinski definition) is 1. The van der Waals surface area contributed by atoms with E-state index in [1.54, 1.807) is 0 Å². The second-order valence-electron chi connectivity index (χ2n) is 4.48. The number of anilines is 1. The maximum Gasteiger partial charge on any atom is 0.0752 e. The highest BCUT2D eigenvalue weighted by atomic mass is 15.3. The Morgan fingerprint density at radius 3 is 2.87 bits per heavy atom. The van der Waals surface area contributed by atoms with E-state index in [-0.39, 0.29) is 0 Å². The molecule has 1 fully saturated rings. The molecule has 0 amide bonds. The molecule has 4 heteroatoms. The number of aryl methyl sites for hydroxylation is 1. The maximum atomic E-state index is 4.22. The van der Waals surface area contributed by atoms with E-state index in [2.05, 4.69) is 35.5 Å². The van der Waals surface area contributed by atoms with Crippen LogP contribution in [0.4, 0.5) is 5.69 Å². The molecule has 1 aromatic heterocycles. The standard InChI is InChI=1S/C11H20N4/c1-9-7-15(5-4-11(9)12-2)10-6-13-14(3)8-10/h6,8-9,11-12H,4-5,7H2,1-3H3. The number of piperidine rings is 1. The zero-order chi connectivity index (χ0) is 10.8. The lowest BCUT2D eigenvalue weighted by Gasteiger charge is -2.37. The zero-order valence-corrected chi connectivity index (χ0v) is 9.77. The van der Waals surface area contributed by atoms with E-state index in [1.165, 1.54) is 12.1 Å². The van der Waals surface area contributed by atoms with Crippen molar-refractivity contribution < 1.29 is 0 Å². The Morgan fingerprint density at radius 2 is 2.33 bits per heavy atom. The molecule has 1 N–H and O–H groups in total. The van der Waals surface area contributed by atoms with Gasteiger partial charge < -0.3 is 10.2 Å². The Morgan fingerprint density at radius 1 is 1.53 bits per heavy atom. The van der Waals surface area contributed by atoms with Gasteiger partial charge >= 0.3 is 0 Å². The highest BCUT2D eigenvalue weighted by Gasteiger charge is 2.25. The fourth-order valence-electron chi connectivity index (χ4n) is 2.38. The molecule has 4 nitrogen and oxygen atoms in total. The molecule has 2 unspecified atom stereocenters. The summed E-state index contributed by atoms with van der Waals surface area (Å²) in [7, 11) is 4.02. The van der Waals surface area contributed by atoms with Gasteiger partial charge in [-0.3, -0.25) is 4.68 Å². The van der Waals surface area contributed by atoms with Crippen molar-refractivity contribution in [3.63, 3.8) is 0 Å². The minimum absolute atomic E-state index is 0.665. The molecule has 84 valence electrons. The quantitative estimate of drug-likeness (QED) is 0.782. The summed E-state index contributed by atoms with van der Waals surface area (Å²) in [5.41, 5.74) is 1.25. The molecule has 1 aliphatic heterocycles. The zero-order valence-electron chi connectivity index (χ0n) is 9.77. The van der Waals surface area contributed by atoms with Gasteiger partial charge in [0.15, 0.2) is 0 Å². The molecule has 1 aromatic rings. The van der Waals surface area contributed by atoms with Crippen molar-refractivity contribution in [1.82, 2.24) is 15.1 Å². The van der Waals surface area contributed by atoms with Crippen molar-refractivity contribution >= 4 is 5.69 Å². The lowest BCUT2D eigenvalue weighted by atomic mass is 9.94. The summed E-state index contributed by atoms with van der Waals surface area (Å²) in [6.45, 7) is 4.56. The average molecular weight is 208 g/mol. The fraction of sp³-hybridized carbons (Fsp3) is 0.727. The number of aromatic nitrogens is 2. The van der Waals surface area contributed by atoms with Gasteiger partial charge in [-0.1, -0.05) is 6.92 Å². The Balaban J connectivity index is 2.02. The van der Waals surface area contributed by atoms with Crippen molar-refractivity contribution in [3.8, 4) is 0 Å². The van der Waals surface area contributed by atoms with Crippen molar-refractivity contribution in [2.24, 2.45) is 13.0 Å². The molecular formula is C11H20N4. The van der Waals surface area contributed by atoms with E-state index < -0.39 is 0 Å². The fourth-order valence-corrected chi connectivity index (χ4v) is 2.38. The van der Waals surface area contributed by atoms with Crippen LogP contribution in [0.15, 0.2) is 12.4 Å². The van der Waals surface area contributed by atoms with E-state index in [0.29, 0.717) is 12.0 Å². The van der Waals surface area contributed by atoms with Crippen LogP contribution in [0.1, 0.15) is 13.3 Å². The van der Waals surface area contributed by atoms with E-state index in [0.717, 1.165) is 13.1 Å². The SMILES string of the molecule is CNC1CCN(c2cnn(C)c2)CC1C. The first-order chi connectivity index (χ1) is 7.20. The first kappa shape index (κ1) is 10.5. The summed E-state index contributed by atoms with van der Waals surface area (Å²) in [6, 6.07) is 0.665. The molecule has 0 saturated carbocycles. The average Bonchev–Trinajstić information content (AvgIpc) is 2.65. The van der Waals surface area contributed by atoms with E-state index >= 15 is 0 Å². The number of rotatable bonds is 2. The van der Waals surface area contributed by atoms with E-state index in [4.69, 9.17) is 0 Å². The largest absolute Gasteiger partial charge is 0.369 e. The van der Waals surface area contributed by atoms with E-state index in [9.17, 15) is 0 Å². The number of nitrogens with one attached hydrogen (secondary N) is 1. The van der Waals surface area contributed by atoms with Gasteiger partial charge in [0.1, 0.15) is 0 Å². The molecule has 1 saturated heterocycles. The highest BCUT2D eigenvalue weighted by Crippen LogP contribution is 2.22. The van der Waals surface area contributed by atoms with Crippen LogP contribution in [0.25, 0.3) is 0 Å². The van der Waals surface area contributed by atoms with Crippen molar-refractivity contribution in [2.75, 3.05) is 25.0 Å².